The molecule has 17 heavy (non-hydrogen) atoms. The maximum atomic E-state index is 12.2. The number of nitriles is 1. The number of rotatable bonds is 4. The summed E-state index contributed by atoms with van der Waals surface area (Å²) in [4.78, 5) is 13.7. The Morgan fingerprint density at radius 2 is 2.18 bits per heavy atom. The van der Waals surface area contributed by atoms with Crippen LogP contribution in [0.25, 0.3) is 0 Å². The molecule has 0 spiro atoms. The highest BCUT2D eigenvalue weighted by Gasteiger charge is 2.17. The third-order valence-electron chi connectivity index (χ3n) is 2.37. The van der Waals surface area contributed by atoms with E-state index in [4.69, 9.17) is 5.26 Å². The number of hydrogen-bond acceptors (Lipinski definition) is 4. The van der Waals surface area contributed by atoms with Crippen LogP contribution < -0.4 is 0 Å². The molecule has 90 valence electrons. The molecule has 0 aromatic carbocycles. The summed E-state index contributed by atoms with van der Waals surface area (Å²) in [6, 6.07) is 3.72. The minimum absolute atomic E-state index is 0.105. The van der Waals surface area contributed by atoms with E-state index in [0.717, 1.165) is 6.42 Å². The molecular weight excluding hydrogens is 216 g/mol. The lowest BCUT2D eigenvalue weighted by molar-refractivity contribution is 0.0774. The van der Waals surface area contributed by atoms with Crippen molar-refractivity contribution in [3.63, 3.8) is 0 Å². The average Bonchev–Trinajstić information content (AvgIpc) is 2.31. The van der Waals surface area contributed by atoms with Crippen molar-refractivity contribution in [2.45, 2.75) is 27.2 Å². The SMILES string of the molecule is CCCN(CC#N)C(=O)c1cc(C)nnc1C. The Bertz CT molecular complexity index is 450. The van der Waals surface area contributed by atoms with Crippen molar-refractivity contribution in [1.29, 1.82) is 5.26 Å². The van der Waals surface area contributed by atoms with E-state index < -0.39 is 0 Å². The van der Waals surface area contributed by atoms with Gasteiger partial charge in [0.15, 0.2) is 0 Å². The van der Waals surface area contributed by atoms with Crippen LogP contribution in [0.1, 0.15) is 35.1 Å². The van der Waals surface area contributed by atoms with Gasteiger partial charge in [0.05, 0.1) is 23.0 Å². The summed E-state index contributed by atoms with van der Waals surface area (Å²) in [7, 11) is 0. The fraction of sp³-hybridized carbons (Fsp3) is 0.500. The molecule has 0 aliphatic rings. The van der Waals surface area contributed by atoms with E-state index in [2.05, 4.69) is 10.2 Å². The highest BCUT2D eigenvalue weighted by Crippen LogP contribution is 2.09. The van der Waals surface area contributed by atoms with Crippen LogP contribution >= 0.6 is 0 Å². The lowest BCUT2D eigenvalue weighted by Crippen LogP contribution is -2.33. The summed E-state index contributed by atoms with van der Waals surface area (Å²) in [5.41, 5.74) is 1.83. The van der Waals surface area contributed by atoms with Crippen LogP contribution in [0.3, 0.4) is 0 Å². The van der Waals surface area contributed by atoms with E-state index in [9.17, 15) is 4.79 Å². The van der Waals surface area contributed by atoms with Gasteiger partial charge in [-0.15, -0.1) is 0 Å². The summed E-state index contributed by atoms with van der Waals surface area (Å²) in [6.45, 7) is 6.19. The van der Waals surface area contributed by atoms with Crippen molar-refractivity contribution in [2.24, 2.45) is 0 Å². The van der Waals surface area contributed by atoms with Gasteiger partial charge in [0.1, 0.15) is 6.54 Å². The number of aryl methyl sites for hydroxylation is 2. The molecule has 5 heteroatoms. The van der Waals surface area contributed by atoms with Crippen molar-refractivity contribution in [1.82, 2.24) is 15.1 Å². The smallest absolute Gasteiger partial charge is 0.256 e. The quantitative estimate of drug-likeness (QED) is 0.737. The van der Waals surface area contributed by atoms with E-state index in [1.807, 2.05) is 13.0 Å². The van der Waals surface area contributed by atoms with Gasteiger partial charge in [0, 0.05) is 6.54 Å². The molecule has 0 unspecified atom stereocenters. The lowest BCUT2D eigenvalue weighted by Gasteiger charge is -2.19. The normalized spacial score (nSPS) is 9.76. The molecule has 0 atom stereocenters. The third-order valence-corrected chi connectivity index (χ3v) is 2.37. The minimum Gasteiger partial charge on any atom is -0.325 e. The van der Waals surface area contributed by atoms with Gasteiger partial charge >= 0.3 is 0 Å². The molecule has 1 amide bonds. The number of amides is 1. The van der Waals surface area contributed by atoms with E-state index in [-0.39, 0.29) is 12.5 Å². The molecule has 0 saturated heterocycles. The molecule has 1 aromatic heterocycles. The first-order valence-electron chi connectivity index (χ1n) is 5.57. The van der Waals surface area contributed by atoms with Gasteiger partial charge in [0.25, 0.3) is 5.91 Å². The Kier molecular flexibility index (Phi) is 4.58. The number of carbonyl (C=O) groups excluding carboxylic acids is 1. The predicted octanol–water partition coefficient (Wildman–Crippen LogP) is 1.47. The zero-order valence-corrected chi connectivity index (χ0v) is 10.4. The first-order chi connectivity index (χ1) is 8.10. The summed E-state index contributed by atoms with van der Waals surface area (Å²) < 4.78 is 0. The van der Waals surface area contributed by atoms with Crippen molar-refractivity contribution in [3.8, 4) is 6.07 Å². The fourth-order valence-corrected chi connectivity index (χ4v) is 1.54. The lowest BCUT2D eigenvalue weighted by atomic mass is 10.1. The Morgan fingerprint density at radius 3 is 2.76 bits per heavy atom. The van der Waals surface area contributed by atoms with Gasteiger partial charge in [-0.2, -0.15) is 15.5 Å². The Balaban J connectivity index is 3.00. The highest BCUT2D eigenvalue weighted by molar-refractivity contribution is 5.95. The Morgan fingerprint density at radius 1 is 1.47 bits per heavy atom. The molecule has 0 N–H and O–H groups in total. The molecule has 0 saturated carbocycles. The third kappa shape index (κ3) is 3.25. The minimum atomic E-state index is -0.149. The summed E-state index contributed by atoms with van der Waals surface area (Å²) in [6.07, 6.45) is 0.823. The molecule has 0 aliphatic heterocycles. The molecule has 0 fully saturated rings. The standard InChI is InChI=1S/C12H16N4O/c1-4-6-16(7-5-13)12(17)11-8-9(2)14-15-10(11)3/h8H,4,6-7H2,1-3H3. The van der Waals surface area contributed by atoms with Crippen molar-refractivity contribution < 1.29 is 4.79 Å². The molecular formula is C12H16N4O. The molecule has 1 rings (SSSR count). The highest BCUT2D eigenvalue weighted by atomic mass is 16.2. The largest absolute Gasteiger partial charge is 0.325 e. The summed E-state index contributed by atoms with van der Waals surface area (Å²) >= 11 is 0. The number of nitrogens with zero attached hydrogens (tertiary/aromatic N) is 4. The van der Waals surface area contributed by atoms with Gasteiger partial charge in [-0.1, -0.05) is 6.92 Å². The topological polar surface area (TPSA) is 69.9 Å². The zero-order chi connectivity index (χ0) is 12.8. The summed E-state index contributed by atoms with van der Waals surface area (Å²) in [5.74, 6) is -0.149. The van der Waals surface area contributed by atoms with Crippen LogP contribution in [-0.2, 0) is 0 Å². The van der Waals surface area contributed by atoms with Crippen LogP contribution in [0.5, 0.6) is 0 Å². The van der Waals surface area contributed by atoms with Crippen LogP contribution in [0.4, 0.5) is 0 Å². The Labute approximate surface area is 101 Å². The number of carbonyl (C=O) groups is 1. The molecule has 1 heterocycles. The molecule has 5 nitrogen and oxygen atoms in total. The van der Waals surface area contributed by atoms with Gasteiger partial charge < -0.3 is 4.90 Å². The van der Waals surface area contributed by atoms with E-state index >= 15 is 0 Å². The molecule has 0 bridgehead atoms. The van der Waals surface area contributed by atoms with Crippen molar-refractivity contribution in [3.05, 3.63) is 23.0 Å². The van der Waals surface area contributed by atoms with Gasteiger partial charge in [0.2, 0.25) is 0 Å². The number of aromatic nitrogens is 2. The zero-order valence-electron chi connectivity index (χ0n) is 10.4. The second-order valence-electron chi connectivity index (χ2n) is 3.87. The van der Waals surface area contributed by atoms with Crippen LogP contribution in [0, 0.1) is 25.2 Å². The maximum absolute atomic E-state index is 12.2. The monoisotopic (exact) mass is 232 g/mol. The maximum Gasteiger partial charge on any atom is 0.256 e. The van der Waals surface area contributed by atoms with E-state index in [1.165, 1.54) is 4.90 Å². The second-order valence-corrected chi connectivity index (χ2v) is 3.87. The summed E-state index contributed by atoms with van der Waals surface area (Å²) in [5, 5.41) is 16.5. The average molecular weight is 232 g/mol. The predicted molar refractivity (Wildman–Crippen MR) is 63.3 cm³/mol. The van der Waals surface area contributed by atoms with Gasteiger partial charge in [-0.25, -0.2) is 0 Å². The van der Waals surface area contributed by atoms with Crippen molar-refractivity contribution in [2.75, 3.05) is 13.1 Å². The fourth-order valence-electron chi connectivity index (χ4n) is 1.54. The molecule has 1 aromatic rings. The molecule has 0 radical (unpaired) electrons. The van der Waals surface area contributed by atoms with Gasteiger partial charge in [-0.05, 0) is 26.3 Å². The van der Waals surface area contributed by atoms with Crippen LogP contribution in [0.2, 0.25) is 0 Å². The first kappa shape index (κ1) is 13.1. The Hall–Kier alpha value is -1.96. The first-order valence-corrected chi connectivity index (χ1v) is 5.57. The molecule has 0 aliphatic carbocycles. The second kappa shape index (κ2) is 5.94. The van der Waals surface area contributed by atoms with Crippen LogP contribution in [-0.4, -0.2) is 34.1 Å². The van der Waals surface area contributed by atoms with E-state index in [0.29, 0.717) is 23.5 Å². The van der Waals surface area contributed by atoms with Gasteiger partial charge in [-0.3, -0.25) is 4.79 Å². The van der Waals surface area contributed by atoms with Crippen LogP contribution in [0.15, 0.2) is 6.07 Å². The van der Waals surface area contributed by atoms with E-state index in [1.54, 1.807) is 19.9 Å². The van der Waals surface area contributed by atoms with Crippen molar-refractivity contribution >= 4 is 5.91 Å². The number of hydrogen-bond donors (Lipinski definition) is 0.